The van der Waals surface area contributed by atoms with Gasteiger partial charge in [0.05, 0.1) is 23.6 Å². The van der Waals surface area contributed by atoms with Crippen LogP contribution < -0.4 is 0 Å². The van der Waals surface area contributed by atoms with E-state index in [2.05, 4.69) is 11.1 Å². The number of hydrogen-bond acceptors (Lipinski definition) is 3. The van der Waals surface area contributed by atoms with Gasteiger partial charge in [-0.25, -0.2) is 0 Å². The lowest BCUT2D eigenvalue weighted by atomic mass is 9.92. The highest BCUT2D eigenvalue weighted by atomic mass is 16.3. The highest BCUT2D eigenvalue weighted by Crippen LogP contribution is 2.24. The van der Waals surface area contributed by atoms with Crippen molar-refractivity contribution in [2.75, 3.05) is 0 Å². The summed E-state index contributed by atoms with van der Waals surface area (Å²) < 4.78 is 0. The van der Waals surface area contributed by atoms with Crippen molar-refractivity contribution in [3.8, 4) is 6.07 Å². The maximum absolute atomic E-state index is 9.98. The van der Waals surface area contributed by atoms with Gasteiger partial charge in [0.1, 0.15) is 0 Å². The van der Waals surface area contributed by atoms with Crippen molar-refractivity contribution in [3.05, 3.63) is 42.1 Å². The molecule has 0 aliphatic heterocycles. The molecule has 0 aliphatic carbocycles. The zero-order valence-corrected chi connectivity index (χ0v) is 10.4. The van der Waals surface area contributed by atoms with Crippen LogP contribution in [0.1, 0.15) is 31.2 Å². The zero-order valence-electron chi connectivity index (χ0n) is 10.4. The second kappa shape index (κ2) is 5.61. The van der Waals surface area contributed by atoms with E-state index in [1.165, 1.54) is 0 Å². The van der Waals surface area contributed by atoms with Crippen molar-refractivity contribution in [2.45, 2.75) is 31.8 Å². The van der Waals surface area contributed by atoms with E-state index in [0.29, 0.717) is 6.42 Å². The number of benzene rings is 1. The third-order valence-electron chi connectivity index (χ3n) is 3.08. The average Bonchev–Trinajstić information content (AvgIpc) is 2.40. The van der Waals surface area contributed by atoms with Gasteiger partial charge < -0.3 is 5.11 Å². The highest BCUT2D eigenvalue weighted by molar-refractivity contribution is 5.78. The van der Waals surface area contributed by atoms with Crippen LogP contribution >= 0.6 is 0 Å². The predicted molar refractivity (Wildman–Crippen MR) is 71.0 cm³/mol. The lowest BCUT2D eigenvalue weighted by Gasteiger charge is -2.16. The van der Waals surface area contributed by atoms with Gasteiger partial charge in [0.15, 0.2) is 0 Å². The first kappa shape index (κ1) is 12.5. The van der Waals surface area contributed by atoms with Crippen molar-refractivity contribution in [3.63, 3.8) is 0 Å². The number of aromatic nitrogens is 1. The van der Waals surface area contributed by atoms with Gasteiger partial charge in [0.2, 0.25) is 0 Å². The first-order chi connectivity index (χ1) is 8.76. The van der Waals surface area contributed by atoms with E-state index in [1.807, 2.05) is 37.3 Å². The quantitative estimate of drug-likeness (QED) is 0.893. The van der Waals surface area contributed by atoms with Crippen LogP contribution in [0.4, 0.5) is 0 Å². The maximum atomic E-state index is 9.98. The van der Waals surface area contributed by atoms with Crippen LogP contribution in [0.5, 0.6) is 0 Å². The molecule has 0 amide bonds. The molecule has 2 rings (SSSR count). The molecule has 0 saturated heterocycles. The molecule has 0 aliphatic rings. The molecule has 0 saturated carbocycles. The molecular weight excluding hydrogens is 224 g/mol. The second-order valence-corrected chi connectivity index (χ2v) is 4.42. The van der Waals surface area contributed by atoms with Crippen molar-refractivity contribution in [2.24, 2.45) is 0 Å². The van der Waals surface area contributed by atoms with Crippen LogP contribution in [0.2, 0.25) is 0 Å². The van der Waals surface area contributed by atoms with E-state index in [-0.39, 0.29) is 0 Å². The largest absolute Gasteiger partial charge is 0.391 e. The molecule has 1 heterocycles. The summed E-state index contributed by atoms with van der Waals surface area (Å²) in [5.74, 6) is -0.498. The zero-order chi connectivity index (χ0) is 13.0. The Morgan fingerprint density at radius 2 is 2.17 bits per heavy atom. The Bertz CT molecular complexity index is 574. The lowest BCUT2D eigenvalue weighted by Crippen LogP contribution is -2.17. The Morgan fingerprint density at radius 1 is 1.39 bits per heavy atom. The summed E-state index contributed by atoms with van der Waals surface area (Å²) >= 11 is 0. The molecule has 3 heteroatoms. The maximum Gasteiger partial charge on any atom is 0.0986 e. The molecule has 2 aromatic rings. The Kier molecular flexibility index (Phi) is 3.91. The van der Waals surface area contributed by atoms with Gasteiger partial charge in [0.25, 0.3) is 0 Å². The van der Waals surface area contributed by atoms with Crippen molar-refractivity contribution >= 4 is 10.9 Å². The fourth-order valence-electron chi connectivity index (χ4n) is 2.10. The van der Waals surface area contributed by atoms with Gasteiger partial charge in [-0.3, -0.25) is 4.98 Å². The van der Waals surface area contributed by atoms with Gasteiger partial charge >= 0.3 is 0 Å². The van der Waals surface area contributed by atoms with E-state index < -0.39 is 12.0 Å². The van der Waals surface area contributed by atoms with E-state index in [0.717, 1.165) is 22.9 Å². The second-order valence-electron chi connectivity index (χ2n) is 4.42. The van der Waals surface area contributed by atoms with Crippen molar-refractivity contribution < 1.29 is 5.11 Å². The Hall–Kier alpha value is -1.92. The van der Waals surface area contributed by atoms with Gasteiger partial charge in [0, 0.05) is 11.6 Å². The summed E-state index contributed by atoms with van der Waals surface area (Å²) in [6.07, 6.45) is 2.56. The Labute approximate surface area is 107 Å². The number of aliphatic hydroxyl groups is 1. The molecule has 0 fully saturated rings. The standard InChI is InChI=1S/C15H16N2O/c1-2-5-15(18)13(9-16)12-8-11-6-3-4-7-14(11)17-10-12/h3-4,6-8,10,13,15,18H,2,5H2,1H3. The van der Waals surface area contributed by atoms with Gasteiger partial charge in [-0.1, -0.05) is 31.5 Å². The summed E-state index contributed by atoms with van der Waals surface area (Å²) in [5, 5.41) is 20.2. The number of hydrogen-bond donors (Lipinski definition) is 1. The fourth-order valence-corrected chi connectivity index (χ4v) is 2.10. The minimum Gasteiger partial charge on any atom is -0.391 e. The van der Waals surface area contributed by atoms with Crippen LogP contribution in [0.25, 0.3) is 10.9 Å². The topological polar surface area (TPSA) is 56.9 Å². The molecule has 0 bridgehead atoms. The number of nitriles is 1. The average molecular weight is 240 g/mol. The number of nitrogens with zero attached hydrogens (tertiary/aromatic N) is 2. The van der Waals surface area contributed by atoms with Gasteiger partial charge in [-0.05, 0) is 24.1 Å². The van der Waals surface area contributed by atoms with Crippen LogP contribution in [0.15, 0.2) is 36.5 Å². The summed E-state index contributed by atoms with van der Waals surface area (Å²) in [6.45, 7) is 2.00. The summed E-state index contributed by atoms with van der Waals surface area (Å²) in [6, 6.07) is 11.9. The summed E-state index contributed by atoms with van der Waals surface area (Å²) in [7, 11) is 0. The third-order valence-corrected chi connectivity index (χ3v) is 3.08. The van der Waals surface area contributed by atoms with E-state index in [1.54, 1.807) is 6.20 Å². The SMILES string of the molecule is CCCC(O)C(C#N)c1cnc2ccccc2c1. The van der Waals surface area contributed by atoms with Gasteiger partial charge in [-0.2, -0.15) is 5.26 Å². The molecular formula is C15H16N2O. The van der Waals surface area contributed by atoms with E-state index in [4.69, 9.17) is 0 Å². The number of rotatable bonds is 4. The number of para-hydroxylation sites is 1. The smallest absolute Gasteiger partial charge is 0.0986 e. The molecule has 1 aromatic carbocycles. The van der Waals surface area contributed by atoms with Crippen LogP contribution in [0, 0.1) is 11.3 Å². The highest BCUT2D eigenvalue weighted by Gasteiger charge is 2.20. The van der Waals surface area contributed by atoms with E-state index in [9.17, 15) is 10.4 Å². The monoisotopic (exact) mass is 240 g/mol. The summed E-state index contributed by atoms with van der Waals surface area (Å²) in [5.41, 5.74) is 1.69. The molecule has 18 heavy (non-hydrogen) atoms. The fraction of sp³-hybridized carbons (Fsp3) is 0.333. The normalized spacial score (nSPS) is 14.1. The molecule has 1 aromatic heterocycles. The molecule has 1 N–H and O–H groups in total. The minimum atomic E-state index is -0.622. The number of aliphatic hydroxyl groups excluding tert-OH is 1. The van der Waals surface area contributed by atoms with Gasteiger partial charge in [-0.15, -0.1) is 0 Å². The molecule has 2 unspecified atom stereocenters. The Morgan fingerprint density at radius 3 is 2.89 bits per heavy atom. The van der Waals surface area contributed by atoms with Crippen molar-refractivity contribution in [1.82, 2.24) is 4.98 Å². The van der Waals surface area contributed by atoms with E-state index >= 15 is 0 Å². The predicted octanol–water partition coefficient (Wildman–Crippen LogP) is 3.00. The van der Waals surface area contributed by atoms with Crippen LogP contribution in [-0.4, -0.2) is 16.2 Å². The number of pyridine rings is 1. The van der Waals surface area contributed by atoms with Crippen LogP contribution in [-0.2, 0) is 0 Å². The summed E-state index contributed by atoms with van der Waals surface area (Å²) in [4.78, 5) is 4.33. The number of fused-ring (bicyclic) bond motifs is 1. The first-order valence-electron chi connectivity index (χ1n) is 6.18. The molecule has 0 spiro atoms. The Balaban J connectivity index is 2.37. The van der Waals surface area contributed by atoms with Crippen molar-refractivity contribution in [1.29, 1.82) is 5.26 Å². The molecule has 0 radical (unpaired) electrons. The molecule has 3 nitrogen and oxygen atoms in total. The minimum absolute atomic E-state index is 0.498. The first-order valence-corrected chi connectivity index (χ1v) is 6.18. The molecule has 92 valence electrons. The molecule has 2 atom stereocenters. The third kappa shape index (κ3) is 2.49. The van der Waals surface area contributed by atoms with Crippen LogP contribution in [0.3, 0.4) is 0 Å². The lowest BCUT2D eigenvalue weighted by molar-refractivity contribution is 0.150.